The zero-order chi connectivity index (χ0) is 11.4. The van der Waals surface area contributed by atoms with Crippen molar-refractivity contribution in [1.29, 1.82) is 0 Å². The van der Waals surface area contributed by atoms with Crippen LogP contribution in [0.2, 0.25) is 0 Å². The monoisotopic (exact) mass is 201 g/mol. The standard InChI is InChI=1S/C12H27NO/c1-11(2,3)10-14-9-8-13(7)12(4,5)6/h8-10H2,1-7H3. The van der Waals surface area contributed by atoms with E-state index in [1.54, 1.807) is 0 Å². The van der Waals surface area contributed by atoms with Crippen LogP contribution < -0.4 is 0 Å². The van der Waals surface area contributed by atoms with Crippen molar-refractivity contribution in [1.82, 2.24) is 4.90 Å². The summed E-state index contributed by atoms with van der Waals surface area (Å²) in [5.74, 6) is 0. The molecular weight excluding hydrogens is 174 g/mol. The fourth-order valence-corrected chi connectivity index (χ4v) is 0.915. The zero-order valence-electron chi connectivity index (χ0n) is 11.0. The van der Waals surface area contributed by atoms with Gasteiger partial charge in [-0.25, -0.2) is 0 Å². The molecule has 0 spiro atoms. The van der Waals surface area contributed by atoms with Crippen molar-refractivity contribution in [2.24, 2.45) is 5.41 Å². The summed E-state index contributed by atoms with van der Waals surface area (Å²) in [4.78, 5) is 2.32. The molecule has 0 rings (SSSR count). The van der Waals surface area contributed by atoms with Gasteiger partial charge in [-0.05, 0) is 33.2 Å². The van der Waals surface area contributed by atoms with Gasteiger partial charge < -0.3 is 4.74 Å². The number of hydrogen-bond acceptors (Lipinski definition) is 2. The number of hydrogen-bond donors (Lipinski definition) is 0. The van der Waals surface area contributed by atoms with Crippen LogP contribution in [0, 0.1) is 5.41 Å². The molecular formula is C12H27NO. The van der Waals surface area contributed by atoms with Crippen LogP contribution in [0.25, 0.3) is 0 Å². The molecule has 14 heavy (non-hydrogen) atoms. The second-order valence-corrected chi connectivity index (χ2v) is 6.21. The number of rotatable bonds is 4. The minimum atomic E-state index is 0.241. The van der Waals surface area contributed by atoms with Crippen LogP contribution in [0.1, 0.15) is 41.5 Å². The Labute approximate surface area is 89.6 Å². The van der Waals surface area contributed by atoms with Crippen LogP contribution in [-0.4, -0.2) is 37.2 Å². The number of likely N-dealkylation sites (N-methyl/N-ethyl adjacent to an activating group) is 1. The van der Waals surface area contributed by atoms with E-state index in [-0.39, 0.29) is 11.0 Å². The first-order chi connectivity index (χ1) is 6.13. The third-order valence-corrected chi connectivity index (χ3v) is 2.25. The molecule has 0 N–H and O–H groups in total. The summed E-state index contributed by atoms with van der Waals surface area (Å²) < 4.78 is 5.62. The molecule has 0 aromatic carbocycles. The molecule has 0 aromatic heterocycles. The normalized spacial score (nSPS) is 13.7. The van der Waals surface area contributed by atoms with Crippen molar-refractivity contribution >= 4 is 0 Å². The van der Waals surface area contributed by atoms with Gasteiger partial charge in [0, 0.05) is 12.1 Å². The molecule has 0 bridgehead atoms. The van der Waals surface area contributed by atoms with Gasteiger partial charge in [0.05, 0.1) is 13.2 Å². The SMILES string of the molecule is CN(CCOCC(C)(C)C)C(C)(C)C. The molecule has 0 heterocycles. The maximum Gasteiger partial charge on any atom is 0.0593 e. The van der Waals surface area contributed by atoms with Crippen LogP contribution >= 0.6 is 0 Å². The van der Waals surface area contributed by atoms with Gasteiger partial charge in [0.15, 0.2) is 0 Å². The molecule has 0 aliphatic carbocycles. The van der Waals surface area contributed by atoms with Gasteiger partial charge in [-0.15, -0.1) is 0 Å². The molecule has 0 aromatic rings. The molecule has 0 radical (unpaired) electrons. The first-order valence-electron chi connectivity index (χ1n) is 5.42. The van der Waals surface area contributed by atoms with Crippen molar-refractivity contribution in [3.05, 3.63) is 0 Å². The molecule has 0 aliphatic rings. The second kappa shape index (κ2) is 5.13. The Bertz CT molecular complexity index is 153. The molecule has 0 atom stereocenters. The van der Waals surface area contributed by atoms with Crippen molar-refractivity contribution in [3.63, 3.8) is 0 Å². The highest BCUT2D eigenvalue weighted by Gasteiger charge is 2.16. The van der Waals surface area contributed by atoms with E-state index in [0.717, 1.165) is 19.8 Å². The molecule has 0 aliphatic heterocycles. The average molecular weight is 201 g/mol. The second-order valence-electron chi connectivity index (χ2n) is 6.21. The third kappa shape index (κ3) is 7.34. The molecule has 0 amide bonds. The van der Waals surface area contributed by atoms with Gasteiger partial charge in [0.25, 0.3) is 0 Å². The van der Waals surface area contributed by atoms with E-state index in [9.17, 15) is 0 Å². The third-order valence-electron chi connectivity index (χ3n) is 2.25. The first kappa shape index (κ1) is 13.9. The van der Waals surface area contributed by atoms with Gasteiger partial charge in [-0.3, -0.25) is 4.90 Å². The van der Waals surface area contributed by atoms with E-state index >= 15 is 0 Å². The lowest BCUT2D eigenvalue weighted by atomic mass is 9.99. The van der Waals surface area contributed by atoms with E-state index in [0.29, 0.717) is 0 Å². The van der Waals surface area contributed by atoms with Crippen LogP contribution in [-0.2, 0) is 4.74 Å². The maximum absolute atomic E-state index is 5.62. The Balaban J connectivity index is 3.56. The fourth-order valence-electron chi connectivity index (χ4n) is 0.915. The van der Waals surface area contributed by atoms with Gasteiger partial charge in [0.2, 0.25) is 0 Å². The minimum absolute atomic E-state index is 0.241. The molecule has 2 nitrogen and oxygen atoms in total. The van der Waals surface area contributed by atoms with Gasteiger partial charge >= 0.3 is 0 Å². The summed E-state index contributed by atoms with van der Waals surface area (Å²) in [5, 5.41) is 0. The summed E-state index contributed by atoms with van der Waals surface area (Å²) in [6.07, 6.45) is 0. The van der Waals surface area contributed by atoms with E-state index in [2.05, 4.69) is 53.5 Å². The van der Waals surface area contributed by atoms with Crippen LogP contribution in [0.5, 0.6) is 0 Å². The molecule has 0 unspecified atom stereocenters. The fraction of sp³-hybridized carbons (Fsp3) is 1.00. The smallest absolute Gasteiger partial charge is 0.0593 e. The Morgan fingerprint density at radius 3 is 1.86 bits per heavy atom. The van der Waals surface area contributed by atoms with Gasteiger partial charge in [-0.2, -0.15) is 0 Å². The highest BCUT2D eigenvalue weighted by molar-refractivity contribution is 4.72. The highest BCUT2D eigenvalue weighted by Crippen LogP contribution is 2.13. The van der Waals surface area contributed by atoms with Gasteiger partial charge in [0.1, 0.15) is 0 Å². The molecule has 86 valence electrons. The van der Waals surface area contributed by atoms with Crippen molar-refractivity contribution in [2.75, 3.05) is 26.8 Å². The lowest BCUT2D eigenvalue weighted by Crippen LogP contribution is -2.40. The predicted molar refractivity (Wildman–Crippen MR) is 62.7 cm³/mol. The molecule has 2 heteroatoms. The quantitative estimate of drug-likeness (QED) is 0.649. The van der Waals surface area contributed by atoms with Crippen LogP contribution in [0.3, 0.4) is 0 Å². The van der Waals surface area contributed by atoms with Crippen LogP contribution in [0.4, 0.5) is 0 Å². The van der Waals surface area contributed by atoms with Crippen molar-refractivity contribution in [2.45, 2.75) is 47.1 Å². The Morgan fingerprint density at radius 2 is 1.50 bits per heavy atom. The lowest BCUT2D eigenvalue weighted by molar-refractivity contribution is 0.0431. The largest absolute Gasteiger partial charge is 0.380 e. The van der Waals surface area contributed by atoms with E-state index < -0.39 is 0 Å². The predicted octanol–water partition coefficient (Wildman–Crippen LogP) is 2.78. The minimum Gasteiger partial charge on any atom is -0.380 e. The number of ether oxygens (including phenoxy) is 1. The Hall–Kier alpha value is -0.0800. The molecule has 0 fully saturated rings. The van der Waals surface area contributed by atoms with Gasteiger partial charge in [-0.1, -0.05) is 20.8 Å². The first-order valence-corrected chi connectivity index (χ1v) is 5.42. The summed E-state index contributed by atoms with van der Waals surface area (Å²) in [7, 11) is 2.14. The van der Waals surface area contributed by atoms with E-state index in [1.165, 1.54) is 0 Å². The molecule has 0 saturated carbocycles. The summed E-state index contributed by atoms with van der Waals surface area (Å²) >= 11 is 0. The van der Waals surface area contributed by atoms with Crippen LogP contribution in [0.15, 0.2) is 0 Å². The average Bonchev–Trinajstić information content (AvgIpc) is 1.93. The van der Waals surface area contributed by atoms with E-state index in [4.69, 9.17) is 4.74 Å². The summed E-state index contributed by atoms with van der Waals surface area (Å²) in [5.41, 5.74) is 0.519. The van der Waals surface area contributed by atoms with Crippen molar-refractivity contribution in [3.8, 4) is 0 Å². The maximum atomic E-state index is 5.62. The topological polar surface area (TPSA) is 12.5 Å². The zero-order valence-corrected chi connectivity index (χ0v) is 11.0. The highest BCUT2D eigenvalue weighted by atomic mass is 16.5. The Morgan fingerprint density at radius 1 is 1.00 bits per heavy atom. The summed E-state index contributed by atoms with van der Waals surface area (Å²) in [6, 6.07) is 0. The Kier molecular flexibility index (Phi) is 5.10. The lowest BCUT2D eigenvalue weighted by Gasteiger charge is -2.32. The summed E-state index contributed by atoms with van der Waals surface area (Å²) in [6.45, 7) is 15.9. The van der Waals surface area contributed by atoms with Crippen molar-refractivity contribution < 1.29 is 4.74 Å². The number of nitrogens with zero attached hydrogens (tertiary/aromatic N) is 1. The molecule has 0 saturated heterocycles. The van der Waals surface area contributed by atoms with E-state index in [1.807, 2.05) is 0 Å².